The number of hydrogen-bond donors (Lipinski definition) is 0. The van der Waals surface area contributed by atoms with Gasteiger partial charge in [-0.1, -0.05) is 56.1 Å². The van der Waals surface area contributed by atoms with Gasteiger partial charge in [0, 0.05) is 8.07 Å². The Labute approximate surface area is 88.7 Å². The monoisotopic (exact) mass is 204 g/mol. The molecule has 0 unspecified atom stereocenters. The lowest BCUT2D eigenvalue weighted by molar-refractivity contribution is 1.43. The highest BCUT2D eigenvalue weighted by Gasteiger charge is 2.09. The Morgan fingerprint density at radius 1 is 1.14 bits per heavy atom. The third-order valence-corrected chi connectivity index (χ3v) is 3.68. The van der Waals surface area contributed by atoms with E-state index >= 15 is 0 Å². The number of allylic oxidation sites excluding steroid dienone is 1. The van der Waals surface area contributed by atoms with Gasteiger partial charge in [-0.25, -0.2) is 0 Å². The molecule has 1 aromatic carbocycles. The van der Waals surface area contributed by atoms with Crippen LogP contribution < -0.4 is 0 Å². The lowest BCUT2D eigenvalue weighted by atomic mass is 10.1. The van der Waals surface area contributed by atoms with Crippen molar-refractivity contribution in [3.8, 4) is 0 Å². The third kappa shape index (κ3) is 3.92. The molecule has 1 aromatic rings. The Morgan fingerprint density at radius 2 is 1.79 bits per heavy atom. The molecular formula is C13H20Si. The number of rotatable bonds is 3. The topological polar surface area (TPSA) is 0 Å². The van der Waals surface area contributed by atoms with E-state index in [0.717, 1.165) is 0 Å². The van der Waals surface area contributed by atoms with Crippen LogP contribution in [0.15, 0.2) is 30.3 Å². The molecule has 0 fully saturated rings. The standard InChI is InChI=1S/C13H20Si/c1-12-8-5-6-9-13(12)10-7-11-14(2,3)4/h5-10H,11H2,1-4H3/b10-7-. The molecule has 1 heteroatoms. The Hall–Kier alpha value is -0.823. The van der Waals surface area contributed by atoms with Gasteiger partial charge in [0.25, 0.3) is 0 Å². The molecule has 0 saturated carbocycles. The smallest absolute Gasteiger partial charge is 0.0480 e. The van der Waals surface area contributed by atoms with E-state index in [1.807, 2.05) is 0 Å². The van der Waals surface area contributed by atoms with E-state index in [-0.39, 0.29) is 0 Å². The van der Waals surface area contributed by atoms with Crippen LogP contribution >= 0.6 is 0 Å². The van der Waals surface area contributed by atoms with Crippen LogP contribution in [0.4, 0.5) is 0 Å². The van der Waals surface area contributed by atoms with Crippen LogP contribution in [0.5, 0.6) is 0 Å². The Balaban J connectivity index is 2.65. The average molecular weight is 204 g/mol. The summed E-state index contributed by atoms with van der Waals surface area (Å²) in [6.45, 7) is 9.35. The highest BCUT2D eigenvalue weighted by Crippen LogP contribution is 2.13. The summed E-state index contributed by atoms with van der Waals surface area (Å²) in [5.74, 6) is 0. The van der Waals surface area contributed by atoms with Crippen LogP contribution in [-0.2, 0) is 0 Å². The van der Waals surface area contributed by atoms with Crippen molar-refractivity contribution in [3.05, 3.63) is 41.5 Å². The van der Waals surface area contributed by atoms with Gasteiger partial charge in [-0.15, -0.1) is 0 Å². The van der Waals surface area contributed by atoms with Gasteiger partial charge in [0.1, 0.15) is 0 Å². The molecule has 1 rings (SSSR count). The lowest BCUT2D eigenvalue weighted by Crippen LogP contribution is -2.17. The van der Waals surface area contributed by atoms with Gasteiger partial charge in [0.2, 0.25) is 0 Å². The highest BCUT2D eigenvalue weighted by molar-refractivity contribution is 6.76. The fourth-order valence-electron chi connectivity index (χ4n) is 1.31. The fraction of sp³-hybridized carbons (Fsp3) is 0.385. The molecule has 0 nitrogen and oxygen atoms in total. The number of benzene rings is 1. The van der Waals surface area contributed by atoms with Crippen LogP contribution in [-0.4, -0.2) is 8.07 Å². The Morgan fingerprint density at radius 3 is 2.36 bits per heavy atom. The molecular weight excluding hydrogens is 184 g/mol. The lowest BCUT2D eigenvalue weighted by Gasteiger charge is -2.11. The minimum atomic E-state index is -0.915. The maximum atomic E-state index is 2.40. The van der Waals surface area contributed by atoms with E-state index < -0.39 is 8.07 Å². The van der Waals surface area contributed by atoms with Crippen molar-refractivity contribution in [2.24, 2.45) is 0 Å². The molecule has 0 saturated heterocycles. The van der Waals surface area contributed by atoms with Crippen molar-refractivity contribution < 1.29 is 0 Å². The van der Waals surface area contributed by atoms with Crippen molar-refractivity contribution in [2.75, 3.05) is 0 Å². The summed E-state index contributed by atoms with van der Waals surface area (Å²) in [4.78, 5) is 0. The fourth-order valence-corrected chi connectivity index (χ4v) is 2.14. The highest BCUT2D eigenvalue weighted by atomic mass is 28.3. The molecule has 0 aliphatic carbocycles. The zero-order valence-corrected chi connectivity index (χ0v) is 10.7. The zero-order valence-electron chi connectivity index (χ0n) is 9.67. The first-order valence-electron chi connectivity index (χ1n) is 5.21. The molecule has 0 heterocycles. The molecule has 0 N–H and O–H groups in total. The minimum Gasteiger partial charge on any atom is -0.0866 e. The molecule has 0 aromatic heterocycles. The molecule has 76 valence electrons. The van der Waals surface area contributed by atoms with Crippen molar-refractivity contribution in [1.82, 2.24) is 0 Å². The molecule has 0 spiro atoms. The van der Waals surface area contributed by atoms with Crippen LogP contribution in [0.25, 0.3) is 6.08 Å². The molecule has 0 bridgehead atoms. The van der Waals surface area contributed by atoms with Gasteiger partial charge in [-0.05, 0) is 24.1 Å². The maximum Gasteiger partial charge on any atom is 0.0480 e. The normalized spacial score (nSPS) is 12.3. The second kappa shape index (κ2) is 4.60. The summed E-state index contributed by atoms with van der Waals surface area (Å²) < 4.78 is 0. The van der Waals surface area contributed by atoms with E-state index in [1.165, 1.54) is 17.2 Å². The second-order valence-electron chi connectivity index (χ2n) is 5.02. The van der Waals surface area contributed by atoms with E-state index in [4.69, 9.17) is 0 Å². The van der Waals surface area contributed by atoms with Gasteiger partial charge in [-0.2, -0.15) is 0 Å². The summed E-state index contributed by atoms with van der Waals surface area (Å²) in [7, 11) is -0.915. The SMILES string of the molecule is Cc1ccccc1/C=C\C[Si](C)(C)C. The van der Waals surface area contributed by atoms with Gasteiger partial charge in [0.05, 0.1) is 0 Å². The van der Waals surface area contributed by atoms with E-state index in [1.54, 1.807) is 0 Å². The Bertz CT molecular complexity index is 318. The van der Waals surface area contributed by atoms with Gasteiger partial charge < -0.3 is 0 Å². The third-order valence-electron chi connectivity index (χ3n) is 2.22. The summed E-state index contributed by atoms with van der Waals surface area (Å²) in [6, 6.07) is 9.79. The molecule has 14 heavy (non-hydrogen) atoms. The summed E-state index contributed by atoms with van der Waals surface area (Å²) in [5, 5.41) is 0. The molecule has 0 atom stereocenters. The van der Waals surface area contributed by atoms with Crippen LogP contribution in [0, 0.1) is 6.92 Å². The first-order chi connectivity index (χ1) is 6.49. The number of aryl methyl sites for hydroxylation is 1. The van der Waals surface area contributed by atoms with Gasteiger partial charge in [-0.3, -0.25) is 0 Å². The first kappa shape index (κ1) is 11.3. The van der Waals surface area contributed by atoms with Crippen LogP contribution in [0.1, 0.15) is 11.1 Å². The van der Waals surface area contributed by atoms with Crippen molar-refractivity contribution in [1.29, 1.82) is 0 Å². The van der Waals surface area contributed by atoms with E-state index in [0.29, 0.717) is 0 Å². The Kier molecular flexibility index (Phi) is 3.70. The minimum absolute atomic E-state index is 0.915. The van der Waals surface area contributed by atoms with Crippen molar-refractivity contribution >= 4 is 14.1 Å². The van der Waals surface area contributed by atoms with Crippen LogP contribution in [0.2, 0.25) is 25.7 Å². The maximum absolute atomic E-state index is 2.40. The summed E-state index contributed by atoms with van der Waals surface area (Å²) >= 11 is 0. The van der Waals surface area contributed by atoms with Gasteiger partial charge >= 0.3 is 0 Å². The zero-order chi connectivity index (χ0) is 10.6. The first-order valence-corrected chi connectivity index (χ1v) is 8.92. The van der Waals surface area contributed by atoms with E-state index in [2.05, 4.69) is 63.0 Å². The molecule has 0 aliphatic rings. The van der Waals surface area contributed by atoms with Crippen LogP contribution in [0.3, 0.4) is 0 Å². The summed E-state index contributed by atoms with van der Waals surface area (Å²) in [5.41, 5.74) is 2.71. The predicted molar refractivity (Wildman–Crippen MR) is 68.4 cm³/mol. The quantitative estimate of drug-likeness (QED) is 0.642. The largest absolute Gasteiger partial charge is 0.0866 e. The van der Waals surface area contributed by atoms with Crippen molar-refractivity contribution in [3.63, 3.8) is 0 Å². The number of hydrogen-bond acceptors (Lipinski definition) is 0. The van der Waals surface area contributed by atoms with Crippen molar-refractivity contribution in [2.45, 2.75) is 32.6 Å². The second-order valence-corrected chi connectivity index (χ2v) is 10.6. The average Bonchev–Trinajstić information content (AvgIpc) is 2.06. The summed E-state index contributed by atoms with van der Waals surface area (Å²) in [6.07, 6.45) is 4.59. The molecule has 0 amide bonds. The molecule has 0 radical (unpaired) electrons. The van der Waals surface area contributed by atoms with E-state index in [9.17, 15) is 0 Å². The molecule has 0 aliphatic heterocycles. The van der Waals surface area contributed by atoms with Gasteiger partial charge in [0.15, 0.2) is 0 Å². The predicted octanol–water partition coefficient (Wildman–Crippen LogP) is 4.35.